The third-order valence-corrected chi connectivity index (χ3v) is 6.13. The van der Waals surface area contributed by atoms with Crippen LogP contribution in [0.15, 0.2) is 18.3 Å². The van der Waals surface area contributed by atoms with Crippen molar-refractivity contribution >= 4 is 23.7 Å². The Bertz CT molecular complexity index is 989. The van der Waals surface area contributed by atoms with Crippen LogP contribution in [-0.4, -0.2) is 71.1 Å². The van der Waals surface area contributed by atoms with Gasteiger partial charge in [0.05, 0.1) is 37.1 Å². The first-order chi connectivity index (χ1) is 15.5. The van der Waals surface area contributed by atoms with Crippen molar-refractivity contribution in [1.29, 1.82) is 5.41 Å². The Labute approximate surface area is 188 Å². The number of hydrogen-bond donors (Lipinski definition) is 4. The summed E-state index contributed by atoms with van der Waals surface area (Å²) in [7, 11) is 1.70. The Balaban J connectivity index is 1.71. The Morgan fingerprint density at radius 2 is 2.25 bits per heavy atom. The lowest BCUT2D eigenvalue weighted by Crippen LogP contribution is -2.44. The highest BCUT2D eigenvalue weighted by Gasteiger charge is 2.31. The second-order valence-electron chi connectivity index (χ2n) is 8.36. The molecule has 1 aliphatic carbocycles. The van der Waals surface area contributed by atoms with E-state index in [9.17, 15) is 5.11 Å². The molecule has 0 unspecified atom stereocenters. The molecular formula is C23H30N6O3. The van der Waals surface area contributed by atoms with E-state index in [0.29, 0.717) is 48.8 Å². The van der Waals surface area contributed by atoms with Crippen LogP contribution in [0.4, 0.5) is 17.5 Å². The second-order valence-corrected chi connectivity index (χ2v) is 8.36. The standard InChI is InChI=1S/C23H30N6O3/c1-16-15-32-12-11-29(16)21-13-17(3-7-23(30)8-4-18(31-2)5-9-23)19(14-24)22(27-21)26-20-6-10-25-28-20/h6,10,13-14,16,18,24,30H,4-5,8-9,11-12,15H2,1-2H3,(H2,25,26,27,28)/t16-,18?,23?/m1/s1. The molecule has 2 aromatic heterocycles. The monoisotopic (exact) mass is 438 g/mol. The van der Waals surface area contributed by atoms with Crippen molar-refractivity contribution in [2.75, 3.05) is 37.1 Å². The zero-order valence-electron chi connectivity index (χ0n) is 18.5. The number of H-pyrrole nitrogens is 1. The summed E-state index contributed by atoms with van der Waals surface area (Å²) in [5, 5.41) is 29.1. The van der Waals surface area contributed by atoms with Gasteiger partial charge in [-0.1, -0.05) is 11.8 Å². The van der Waals surface area contributed by atoms with Gasteiger partial charge in [0.2, 0.25) is 0 Å². The quantitative estimate of drug-likeness (QED) is 0.418. The van der Waals surface area contributed by atoms with Crippen LogP contribution in [0.1, 0.15) is 43.7 Å². The third kappa shape index (κ3) is 4.93. The molecule has 1 saturated carbocycles. The smallest absolute Gasteiger partial charge is 0.144 e. The number of anilines is 3. The summed E-state index contributed by atoms with van der Waals surface area (Å²) in [4.78, 5) is 6.98. The first kappa shape index (κ1) is 22.3. The Morgan fingerprint density at radius 3 is 2.91 bits per heavy atom. The molecule has 0 bridgehead atoms. The van der Waals surface area contributed by atoms with Gasteiger partial charge in [0.1, 0.15) is 23.1 Å². The van der Waals surface area contributed by atoms with Crippen molar-refractivity contribution in [3.8, 4) is 11.8 Å². The maximum absolute atomic E-state index is 11.0. The normalized spacial score (nSPS) is 25.7. The summed E-state index contributed by atoms with van der Waals surface area (Å²) >= 11 is 0. The first-order valence-electron chi connectivity index (χ1n) is 11.0. The molecule has 0 radical (unpaired) electrons. The molecule has 1 saturated heterocycles. The van der Waals surface area contributed by atoms with Crippen molar-refractivity contribution in [3.05, 3.63) is 29.5 Å². The highest BCUT2D eigenvalue weighted by atomic mass is 16.5. The lowest BCUT2D eigenvalue weighted by Gasteiger charge is -2.34. The van der Waals surface area contributed by atoms with Crippen LogP contribution in [0.25, 0.3) is 0 Å². The summed E-state index contributed by atoms with van der Waals surface area (Å²) in [5.74, 6) is 8.20. The lowest BCUT2D eigenvalue weighted by molar-refractivity contribution is -0.00827. The molecule has 0 spiro atoms. The number of ether oxygens (including phenoxy) is 2. The van der Waals surface area contributed by atoms with E-state index in [4.69, 9.17) is 19.9 Å². The maximum atomic E-state index is 11.0. The minimum absolute atomic E-state index is 0.163. The van der Waals surface area contributed by atoms with Gasteiger partial charge in [-0.3, -0.25) is 5.10 Å². The Kier molecular flexibility index (Phi) is 6.74. The van der Waals surface area contributed by atoms with E-state index in [-0.39, 0.29) is 12.1 Å². The number of hydrogen-bond acceptors (Lipinski definition) is 8. The number of aromatic nitrogens is 3. The highest BCUT2D eigenvalue weighted by Crippen LogP contribution is 2.30. The summed E-state index contributed by atoms with van der Waals surface area (Å²) in [6.45, 7) is 4.06. The van der Waals surface area contributed by atoms with Gasteiger partial charge in [-0.15, -0.1) is 0 Å². The molecule has 9 nitrogen and oxygen atoms in total. The maximum Gasteiger partial charge on any atom is 0.144 e. The molecule has 4 rings (SSSR count). The van der Waals surface area contributed by atoms with Crippen molar-refractivity contribution in [1.82, 2.24) is 15.2 Å². The van der Waals surface area contributed by atoms with Gasteiger partial charge >= 0.3 is 0 Å². The minimum atomic E-state index is -1.05. The number of nitrogens with one attached hydrogen (secondary N) is 3. The van der Waals surface area contributed by atoms with E-state index in [1.807, 2.05) is 6.07 Å². The molecule has 2 fully saturated rings. The molecule has 0 amide bonds. The molecule has 4 N–H and O–H groups in total. The lowest BCUT2D eigenvalue weighted by atomic mass is 9.83. The van der Waals surface area contributed by atoms with Crippen LogP contribution in [0.3, 0.4) is 0 Å². The van der Waals surface area contributed by atoms with Crippen LogP contribution in [-0.2, 0) is 9.47 Å². The minimum Gasteiger partial charge on any atom is -0.381 e. The van der Waals surface area contributed by atoms with E-state index in [2.05, 4.69) is 39.2 Å². The highest BCUT2D eigenvalue weighted by molar-refractivity contribution is 5.90. The number of rotatable bonds is 5. The number of aromatic amines is 1. The molecule has 0 aromatic carbocycles. The number of morpholine rings is 1. The fraction of sp³-hybridized carbons (Fsp3) is 0.522. The summed E-state index contributed by atoms with van der Waals surface area (Å²) in [6.07, 6.45) is 5.75. The molecule has 170 valence electrons. The van der Waals surface area contributed by atoms with Gasteiger partial charge in [0.25, 0.3) is 0 Å². The fourth-order valence-corrected chi connectivity index (χ4v) is 4.17. The van der Waals surface area contributed by atoms with E-state index < -0.39 is 5.60 Å². The number of aliphatic hydroxyl groups is 1. The van der Waals surface area contributed by atoms with Crippen LogP contribution in [0.2, 0.25) is 0 Å². The predicted octanol–water partition coefficient (Wildman–Crippen LogP) is 2.44. The SMILES string of the molecule is COC1CCC(O)(C#Cc2cc(N3CCOC[C@H]3C)nc(Nc3ccn[nH]3)c2C=N)CC1. The topological polar surface area (TPSA) is 119 Å². The van der Waals surface area contributed by atoms with Crippen LogP contribution in [0, 0.1) is 17.3 Å². The van der Waals surface area contributed by atoms with Gasteiger partial charge in [0, 0.05) is 31.5 Å². The molecular weight excluding hydrogens is 408 g/mol. The Hall–Kier alpha value is -2.93. The zero-order valence-corrected chi connectivity index (χ0v) is 18.5. The predicted molar refractivity (Wildman–Crippen MR) is 123 cm³/mol. The van der Waals surface area contributed by atoms with Crippen LogP contribution < -0.4 is 10.2 Å². The third-order valence-electron chi connectivity index (χ3n) is 6.13. The van der Waals surface area contributed by atoms with Crippen LogP contribution >= 0.6 is 0 Å². The van der Waals surface area contributed by atoms with Gasteiger partial charge in [0.15, 0.2) is 0 Å². The van der Waals surface area contributed by atoms with E-state index >= 15 is 0 Å². The van der Waals surface area contributed by atoms with Gasteiger partial charge < -0.3 is 30.2 Å². The van der Waals surface area contributed by atoms with E-state index in [1.54, 1.807) is 19.4 Å². The van der Waals surface area contributed by atoms with Gasteiger partial charge in [-0.05, 0) is 38.7 Å². The number of methoxy groups -OCH3 is 1. The molecule has 32 heavy (non-hydrogen) atoms. The largest absolute Gasteiger partial charge is 0.381 e. The molecule has 9 heteroatoms. The zero-order chi connectivity index (χ0) is 22.6. The van der Waals surface area contributed by atoms with Crippen molar-refractivity contribution < 1.29 is 14.6 Å². The molecule has 1 atom stereocenters. The summed E-state index contributed by atoms with van der Waals surface area (Å²) in [6, 6.07) is 3.86. The van der Waals surface area contributed by atoms with Crippen molar-refractivity contribution in [2.24, 2.45) is 0 Å². The number of nitrogens with zero attached hydrogens (tertiary/aromatic N) is 3. The van der Waals surface area contributed by atoms with Crippen molar-refractivity contribution in [2.45, 2.75) is 50.4 Å². The molecule has 2 aliphatic rings. The summed E-state index contributed by atoms with van der Waals surface area (Å²) < 4.78 is 11.0. The average Bonchev–Trinajstić information content (AvgIpc) is 3.31. The molecule has 2 aromatic rings. The molecule has 1 aliphatic heterocycles. The van der Waals surface area contributed by atoms with Crippen LogP contribution in [0.5, 0.6) is 0 Å². The van der Waals surface area contributed by atoms with E-state index in [1.165, 1.54) is 6.21 Å². The number of pyridine rings is 1. The first-order valence-corrected chi connectivity index (χ1v) is 11.0. The average molecular weight is 439 g/mol. The van der Waals surface area contributed by atoms with E-state index in [0.717, 1.165) is 25.2 Å². The second kappa shape index (κ2) is 9.69. The van der Waals surface area contributed by atoms with Gasteiger partial charge in [-0.25, -0.2) is 4.98 Å². The fourth-order valence-electron chi connectivity index (χ4n) is 4.17. The Morgan fingerprint density at radius 1 is 1.44 bits per heavy atom. The summed E-state index contributed by atoms with van der Waals surface area (Å²) in [5.41, 5.74) is 0.153. The molecule has 3 heterocycles. The van der Waals surface area contributed by atoms with Gasteiger partial charge in [-0.2, -0.15) is 5.10 Å². The van der Waals surface area contributed by atoms with Crippen molar-refractivity contribution in [3.63, 3.8) is 0 Å².